The molecule has 1 saturated carbocycles. The number of carbonyl (C=O) groups is 1. The van der Waals surface area contributed by atoms with Gasteiger partial charge >= 0.3 is 5.97 Å². The molecule has 6 heteroatoms. The minimum Gasteiger partial charge on any atom is -0.496 e. The van der Waals surface area contributed by atoms with Gasteiger partial charge in [-0.3, -0.25) is 10.1 Å². The predicted molar refractivity (Wildman–Crippen MR) is 72.6 cm³/mol. The standard InChI is InChI=1S/C14H19NO5/c1-18-9-6-10(19-2)12(11(7-9)20-3)13(14(16)17)15-8-4-5-8/h6-8,13,15H,4-5H2,1-3H3,(H,16,17). The number of benzene rings is 1. The van der Waals surface area contributed by atoms with Gasteiger partial charge in [0.15, 0.2) is 0 Å². The molecule has 110 valence electrons. The second-order valence-corrected chi connectivity index (χ2v) is 4.66. The third-order valence-corrected chi connectivity index (χ3v) is 3.27. The number of hydrogen-bond donors (Lipinski definition) is 2. The van der Waals surface area contributed by atoms with Crippen LogP contribution >= 0.6 is 0 Å². The van der Waals surface area contributed by atoms with Gasteiger partial charge in [-0.05, 0) is 12.8 Å². The number of carboxylic acid groups (broad SMARTS) is 1. The summed E-state index contributed by atoms with van der Waals surface area (Å²) in [5.74, 6) is 0.458. The molecule has 0 heterocycles. The third kappa shape index (κ3) is 2.96. The van der Waals surface area contributed by atoms with Crippen LogP contribution in [0.4, 0.5) is 0 Å². The van der Waals surface area contributed by atoms with Gasteiger partial charge in [-0.1, -0.05) is 0 Å². The van der Waals surface area contributed by atoms with Crippen molar-refractivity contribution in [1.29, 1.82) is 0 Å². The van der Waals surface area contributed by atoms with Gasteiger partial charge in [-0.2, -0.15) is 0 Å². The number of rotatable bonds is 7. The van der Waals surface area contributed by atoms with Gasteiger partial charge in [0.2, 0.25) is 0 Å². The van der Waals surface area contributed by atoms with Crippen molar-refractivity contribution in [3.05, 3.63) is 17.7 Å². The maximum Gasteiger partial charge on any atom is 0.325 e. The quantitative estimate of drug-likeness (QED) is 0.790. The monoisotopic (exact) mass is 281 g/mol. The zero-order chi connectivity index (χ0) is 14.7. The van der Waals surface area contributed by atoms with Crippen LogP contribution in [-0.4, -0.2) is 38.4 Å². The summed E-state index contributed by atoms with van der Waals surface area (Å²) in [5, 5.41) is 12.6. The van der Waals surface area contributed by atoms with E-state index in [1.165, 1.54) is 21.3 Å². The van der Waals surface area contributed by atoms with E-state index < -0.39 is 12.0 Å². The third-order valence-electron chi connectivity index (χ3n) is 3.27. The molecule has 0 spiro atoms. The molecule has 1 atom stereocenters. The Morgan fingerprint density at radius 1 is 1.20 bits per heavy atom. The lowest BCUT2D eigenvalue weighted by molar-refractivity contribution is -0.139. The van der Waals surface area contributed by atoms with Crippen molar-refractivity contribution >= 4 is 5.97 Å². The summed E-state index contributed by atoms with van der Waals surface area (Å²) < 4.78 is 15.8. The molecule has 2 rings (SSSR count). The van der Waals surface area contributed by atoms with Gasteiger partial charge < -0.3 is 19.3 Å². The first-order valence-corrected chi connectivity index (χ1v) is 6.39. The SMILES string of the molecule is COc1cc(OC)c(C(NC2CC2)C(=O)O)c(OC)c1. The van der Waals surface area contributed by atoms with E-state index in [4.69, 9.17) is 14.2 Å². The number of hydrogen-bond acceptors (Lipinski definition) is 5. The lowest BCUT2D eigenvalue weighted by Gasteiger charge is -2.21. The Kier molecular flexibility index (Phi) is 4.34. The van der Waals surface area contributed by atoms with E-state index in [2.05, 4.69) is 5.32 Å². The van der Waals surface area contributed by atoms with Crippen LogP contribution in [0.2, 0.25) is 0 Å². The fourth-order valence-electron chi connectivity index (χ4n) is 2.08. The van der Waals surface area contributed by atoms with Crippen molar-refractivity contribution in [2.24, 2.45) is 0 Å². The Morgan fingerprint density at radius 3 is 2.10 bits per heavy atom. The average Bonchev–Trinajstić information content (AvgIpc) is 3.27. The van der Waals surface area contributed by atoms with Gasteiger partial charge in [0.1, 0.15) is 23.3 Å². The van der Waals surface area contributed by atoms with Gasteiger partial charge in [0, 0.05) is 18.2 Å². The Bertz CT molecular complexity index is 473. The zero-order valence-corrected chi connectivity index (χ0v) is 11.8. The van der Waals surface area contributed by atoms with Crippen LogP contribution in [0.3, 0.4) is 0 Å². The molecular weight excluding hydrogens is 262 g/mol. The summed E-state index contributed by atoms with van der Waals surface area (Å²) in [6, 6.07) is 2.69. The van der Waals surface area contributed by atoms with Crippen LogP contribution in [0.15, 0.2) is 12.1 Å². The maximum absolute atomic E-state index is 11.5. The Morgan fingerprint density at radius 2 is 1.75 bits per heavy atom. The molecule has 1 fully saturated rings. The van der Waals surface area contributed by atoms with E-state index in [9.17, 15) is 9.90 Å². The van der Waals surface area contributed by atoms with Crippen molar-refractivity contribution in [2.75, 3.05) is 21.3 Å². The van der Waals surface area contributed by atoms with E-state index in [0.717, 1.165) is 12.8 Å². The highest BCUT2D eigenvalue weighted by molar-refractivity contribution is 5.78. The molecule has 0 radical (unpaired) electrons. The van der Waals surface area contributed by atoms with Crippen LogP contribution in [0.1, 0.15) is 24.4 Å². The number of nitrogens with one attached hydrogen (secondary N) is 1. The van der Waals surface area contributed by atoms with Crippen molar-refractivity contribution in [3.8, 4) is 17.2 Å². The molecule has 1 aliphatic carbocycles. The number of carboxylic acids is 1. The highest BCUT2D eigenvalue weighted by atomic mass is 16.5. The van der Waals surface area contributed by atoms with Crippen molar-refractivity contribution < 1.29 is 24.1 Å². The molecule has 6 nitrogen and oxygen atoms in total. The summed E-state index contributed by atoms with van der Waals surface area (Å²) in [4.78, 5) is 11.5. The Hall–Kier alpha value is -1.95. The van der Waals surface area contributed by atoms with Gasteiger partial charge in [0.25, 0.3) is 0 Å². The maximum atomic E-state index is 11.5. The Balaban J connectivity index is 2.46. The largest absolute Gasteiger partial charge is 0.496 e. The van der Waals surface area contributed by atoms with Crippen LogP contribution < -0.4 is 19.5 Å². The van der Waals surface area contributed by atoms with Crippen molar-refractivity contribution in [1.82, 2.24) is 5.32 Å². The second-order valence-electron chi connectivity index (χ2n) is 4.66. The molecule has 0 aromatic heterocycles. The second kappa shape index (κ2) is 6.00. The average molecular weight is 281 g/mol. The van der Waals surface area contributed by atoms with Crippen LogP contribution in [0, 0.1) is 0 Å². The van der Waals surface area contributed by atoms with Gasteiger partial charge in [-0.15, -0.1) is 0 Å². The van der Waals surface area contributed by atoms with Gasteiger partial charge in [0.05, 0.1) is 26.9 Å². The van der Waals surface area contributed by atoms with Crippen molar-refractivity contribution in [3.63, 3.8) is 0 Å². The zero-order valence-electron chi connectivity index (χ0n) is 11.8. The number of aliphatic carboxylic acids is 1. The molecule has 0 amide bonds. The Labute approximate surface area is 117 Å². The molecule has 1 unspecified atom stereocenters. The van der Waals surface area contributed by atoms with Crippen LogP contribution in [-0.2, 0) is 4.79 Å². The van der Waals surface area contributed by atoms with E-state index in [-0.39, 0.29) is 6.04 Å². The summed E-state index contributed by atoms with van der Waals surface area (Å²) in [7, 11) is 4.52. The topological polar surface area (TPSA) is 77.0 Å². The fraction of sp³-hybridized carbons (Fsp3) is 0.500. The molecule has 0 aliphatic heterocycles. The van der Waals surface area contributed by atoms with Crippen molar-refractivity contribution in [2.45, 2.75) is 24.9 Å². The number of ether oxygens (including phenoxy) is 3. The first-order valence-electron chi connectivity index (χ1n) is 6.39. The minimum atomic E-state index is -0.960. The van der Waals surface area contributed by atoms with E-state index in [0.29, 0.717) is 22.8 Å². The molecule has 2 N–H and O–H groups in total. The lowest BCUT2D eigenvalue weighted by atomic mass is 10.0. The molecule has 20 heavy (non-hydrogen) atoms. The summed E-state index contributed by atoms with van der Waals surface area (Å²) >= 11 is 0. The van der Waals surface area contributed by atoms with E-state index in [1.807, 2.05) is 0 Å². The fourth-order valence-corrected chi connectivity index (χ4v) is 2.08. The first-order chi connectivity index (χ1) is 9.60. The summed E-state index contributed by atoms with van der Waals surface area (Å²) in [6.07, 6.45) is 1.98. The number of methoxy groups -OCH3 is 3. The summed E-state index contributed by atoms with van der Waals surface area (Å²) in [6.45, 7) is 0. The first kappa shape index (κ1) is 14.5. The molecule has 0 bridgehead atoms. The molecule has 1 aliphatic rings. The van der Waals surface area contributed by atoms with E-state index >= 15 is 0 Å². The lowest BCUT2D eigenvalue weighted by Crippen LogP contribution is -2.30. The summed E-state index contributed by atoms with van der Waals surface area (Å²) in [5.41, 5.74) is 0.482. The van der Waals surface area contributed by atoms with Gasteiger partial charge in [-0.25, -0.2) is 0 Å². The highest BCUT2D eigenvalue weighted by Crippen LogP contribution is 2.39. The molecular formula is C14H19NO5. The molecule has 1 aromatic carbocycles. The smallest absolute Gasteiger partial charge is 0.325 e. The molecule has 1 aromatic rings. The van der Waals surface area contributed by atoms with Crippen LogP contribution in [0.25, 0.3) is 0 Å². The molecule has 0 saturated heterocycles. The minimum absolute atomic E-state index is 0.243. The normalized spacial score (nSPS) is 15.6. The highest BCUT2D eigenvalue weighted by Gasteiger charge is 2.33. The van der Waals surface area contributed by atoms with E-state index in [1.54, 1.807) is 12.1 Å². The van der Waals surface area contributed by atoms with Crippen LogP contribution in [0.5, 0.6) is 17.2 Å². The predicted octanol–water partition coefficient (Wildman–Crippen LogP) is 1.59.